The van der Waals surface area contributed by atoms with Gasteiger partial charge in [0.15, 0.2) is 9.84 Å². The lowest BCUT2D eigenvalue weighted by Crippen LogP contribution is -2.34. The Kier molecular flexibility index (Phi) is 5.51. The molecule has 0 aliphatic heterocycles. The number of carbonyl (C=O) groups excluding carboxylic acids is 1. The molecule has 0 bridgehead atoms. The minimum atomic E-state index is -3.70. The summed E-state index contributed by atoms with van der Waals surface area (Å²) in [6.45, 7) is 1.49. The van der Waals surface area contributed by atoms with E-state index >= 15 is 0 Å². The van der Waals surface area contributed by atoms with Gasteiger partial charge in [0.1, 0.15) is 5.82 Å². The average Bonchev–Trinajstić information content (AvgIpc) is 2.61. The molecular weight excluding hydrogens is 367 g/mol. The van der Waals surface area contributed by atoms with Gasteiger partial charge in [-0.15, -0.1) is 0 Å². The van der Waals surface area contributed by atoms with Crippen molar-refractivity contribution in [3.63, 3.8) is 0 Å². The molecule has 0 spiro atoms. The molecule has 2 aromatic rings. The van der Waals surface area contributed by atoms with Crippen molar-refractivity contribution in [3.8, 4) is 0 Å². The number of nitrogen functional groups attached to an aromatic ring is 1. The van der Waals surface area contributed by atoms with Crippen LogP contribution in [0.15, 0.2) is 47.4 Å². The van der Waals surface area contributed by atoms with Gasteiger partial charge >= 0.3 is 0 Å². The highest BCUT2D eigenvalue weighted by Crippen LogP contribution is 2.31. The lowest BCUT2D eigenvalue weighted by atomic mass is 9.87. The van der Waals surface area contributed by atoms with Crippen LogP contribution in [0.25, 0.3) is 0 Å². The molecule has 1 aliphatic carbocycles. The Morgan fingerprint density at radius 3 is 2.67 bits per heavy atom. The summed E-state index contributed by atoms with van der Waals surface area (Å²) < 4.78 is 38.2. The number of hydrogen-bond acceptors (Lipinski definition) is 4. The molecule has 1 amide bonds. The van der Waals surface area contributed by atoms with Gasteiger partial charge < -0.3 is 11.1 Å². The molecule has 2 atom stereocenters. The van der Waals surface area contributed by atoms with Crippen LogP contribution in [0.2, 0.25) is 0 Å². The molecule has 0 heterocycles. The molecule has 2 aromatic carbocycles. The summed E-state index contributed by atoms with van der Waals surface area (Å²) in [6.07, 6.45) is 2.51. The minimum absolute atomic E-state index is 0.0164. The molecule has 0 fully saturated rings. The molecular formula is C20H23FN2O3S. The first-order valence-corrected chi connectivity index (χ1v) is 10.5. The molecule has 5 nitrogen and oxygen atoms in total. The van der Waals surface area contributed by atoms with E-state index in [2.05, 4.69) is 5.32 Å². The predicted octanol–water partition coefficient (Wildman–Crippen LogP) is 3.15. The Hall–Kier alpha value is -2.41. The van der Waals surface area contributed by atoms with E-state index in [-0.39, 0.29) is 23.3 Å². The number of benzene rings is 2. The van der Waals surface area contributed by atoms with E-state index in [1.165, 1.54) is 19.1 Å². The lowest BCUT2D eigenvalue weighted by Gasteiger charge is -2.27. The van der Waals surface area contributed by atoms with Crippen LogP contribution in [0.3, 0.4) is 0 Å². The molecule has 144 valence electrons. The second-order valence-corrected chi connectivity index (χ2v) is 9.35. The number of halogens is 1. The third-order valence-corrected chi connectivity index (χ3v) is 7.12. The topological polar surface area (TPSA) is 89.3 Å². The predicted molar refractivity (Wildman–Crippen MR) is 102 cm³/mol. The lowest BCUT2D eigenvalue weighted by molar-refractivity contribution is -0.121. The number of carbonyl (C=O) groups is 1. The highest BCUT2D eigenvalue weighted by Gasteiger charge is 2.28. The van der Waals surface area contributed by atoms with E-state index in [4.69, 9.17) is 5.73 Å². The first kappa shape index (κ1) is 19.4. The standard InChI is InChI=1S/C20H23FN2O3S/c1-13(27(25,26)17-8-5-15(21)6-9-17)11-20(24)23-19-4-2-3-14-12-16(22)7-10-18(14)19/h5-10,12-13,19H,2-4,11,22H2,1H3,(H,23,24). The van der Waals surface area contributed by atoms with E-state index < -0.39 is 20.9 Å². The Bertz CT molecular complexity index is 942. The average molecular weight is 390 g/mol. The normalized spacial score (nSPS) is 17.8. The third kappa shape index (κ3) is 4.30. The number of sulfone groups is 1. The first-order valence-electron chi connectivity index (χ1n) is 8.94. The first-order chi connectivity index (χ1) is 12.8. The zero-order valence-corrected chi connectivity index (χ0v) is 15.9. The Morgan fingerprint density at radius 2 is 1.96 bits per heavy atom. The summed E-state index contributed by atoms with van der Waals surface area (Å²) in [7, 11) is -3.70. The van der Waals surface area contributed by atoms with Crippen LogP contribution < -0.4 is 11.1 Å². The SMILES string of the molecule is CC(CC(=O)NC1CCCc2cc(N)ccc21)S(=O)(=O)c1ccc(F)cc1. The molecule has 0 aromatic heterocycles. The van der Waals surface area contributed by atoms with Crippen molar-refractivity contribution < 1.29 is 17.6 Å². The quantitative estimate of drug-likeness (QED) is 0.606. The van der Waals surface area contributed by atoms with Crippen molar-refractivity contribution in [2.75, 3.05) is 5.73 Å². The van der Waals surface area contributed by atoms with Crippen molar-refractivity contribution in [1.29, 1.82) is 0 Å². The fraction of sp³-hybridized carbons (Fsp3) is 0.350. The maximum atomic E-state index is 13.0. The van der Waals surface area contributed by atoms with E-state index in [0.29, 0.717) is 5.69 Å². The van der Waals surface area contributed by atoms with Gasteiger partial charge in [0.05, 0.1) is 16.2 Å². The van der Waals surface area contributed by atoms with Gasteiger partial charge in [-0.3, -0.25) is 4.79 Å². The molecule has 3 rings (SSSR count). The second kappa shape index (κ2) is 7.68. The number of fused-ring (bicyclic) bond motifs is 1. The van der Waals surface area contributed by atoms with Gasteiger partial charge in [-0.25, -0.2) is 12.8 Å². The molecule has 1 aliphatic rings. The van der Waals surface area contributed by atoms with Crippen molar-refractivity contribution >= 4 is 21.4 Å². The van der Waals surface area contributed by atoms with Gasteiger partial charge in [0, 0.05) is 12.1 Å². The number of hydrogen-bond donors (Lipinski definition) is 2. The molecule has 7 heteroatoms. The highest BCUT2D eigenvalue weighted by molar-refractivity contribution is 7.92. The molecule has 27 heavy (non-hydrogen) atoms. The highest BCUT2D eigenvalue weighted by atomic mass is 32.2. The van der Waals surface area contributed by atoms with Crippen LogP contribution in [-0.2, 0) is 21.1 Å². The number of rotatable bonds is 5. The van der Waals surface area contributed by atoms with Gasteiger partial charge in [-0.2, -0.15) is 0 Å². The van der Waals surface area contributed by atoms with Crippen LogP contribution in [0, 0.1) is 5.82 Å². The maximum absolute atomic E-state index is 13.0. The van der Waals surface area contributed by atoms with Crippen molar-refractivity contribution in [2.24, 2.45) is 0 Å². The largest absolute Gasteiger partial charge is 0.399 e. The molecule has 0 saturated heterocycles. The number of nitrogens with two attached hydrogens (primary N) is 1. The minimum Gasteiger partial charge on any atom is -0.399 e. The number of amides is 1. The van der Waals surface area contributed by atoms with Crippen LogP contribution in [0.1, 0.15) is 43.4 Å². The van der Waals surface area contributed by atoms with E-state index in [0.717, 1.165) is 42.5 Å². The summed E-state index contributed by atoms with van der Waals surface area (Å²) in [5.74, 6) is -0.821. The summed E-state index contributed by atoms with van der Waals surface area (Å²) in [4.78, 5) is 12.5. The fourth-order valence-corrected chi connectivity index (χ4v) is 4.82. The molecule has 0 radical (unpaired) electrons. The Labute approximate surface area is 158 Å². The van der Waals surface area contributed by atoms with Crippen molar-refractivity contribution in [2.45, 2.75) is 48.8 Å². The second-order valence-electron chi connectivity index (χ2n) is 6.98. The number of aryl methyl sites for hydroxylation is 1. The fourth-order valence-electron chi connectivity index (χ4n) is 3.46. The Morgan fingerprint density at radius 1 is 1.26 bits per heavy atom. The summed E-state index contributed by atoms with van der Waals surface area (Å²) >= 11 is 0. The zero-order chi connectivity index (χ0) is 19.6. The summed E-state index contributed by atoms with van der Waals surface area (Å²) in [5.41, 5.74) is 8.69. The van der Waals surface area contributed by atoms with E-state index in [1.807, 2.05) is 18.2 Å². The molecule has 0 saturated carbocycles. The third-order valence-electron chi connectivity index (χ3n) is 4.96. The van der Waals surface area contributed by atoms with Crippen molar-refractivity contribution in [3.05, 3.63) is 59.4 Å². The van der Waals surface area contributed by atoms with Crippen molar-refractivity contribution in [1.82, 2.24) is 5.32 Å². The number of nitrogens with one attached hydrogen (secondary N) is 1. The summed E-state index contributed by atoms with van der Waals surface area (Å²) in [6, 6.07) is 10.2. The van der Waals surface area contributed by atoms with Gasteiger partial charge in [0.25, 0.3) is 0 Å². The monoisotopic (exact) mass is 390 g/mol. The smallest absolute Gasteiger partial charge is 0.221 e. The van der Waals surface area contributed by atoms with Crippen LogP contribution in [0.5, 0.6) is 0 Å². The molecule has 2 unspecified atom stereocenters. The van der Waals surface area contributed by atoms with Crippen LogP contribution >= 0.6 is 0 Å². The maximum Gasteiger partial charge on any atom is 0.221 e. The summed E-state index contributed by atoms with van der Waals surface area (Å²) in [5, 5.41) is 2.05. The zero-order valence-electron chi connectivity index (χ0n) is 15.1. The van der Waals surface area contributed by atoms with Gasteiger partial charge in [-0.05, 0) is 73.7 Å². The van der Waals surface area contributed by atoms with Crippen LogP contribution in [-0.4, -0.2) is 19.6 Å². The van der Waals surface area contributed by atoms with Gasteiger partial charge in [-0.1, -0.05) is 6.07 Å². The van der Waals surface area contributed by atoms with Gasteiger partial charge in [0.2, 0.25) is 5.91 Å². The number of anilines is 1. The van der Waals surface area contributed by atoms with Crippen LogP contribution in [0.4, 0.5) is 10.1 Å². The van der Waals surface area contributed by atoms with E-state index in [1.54, 1.807) is 0 Å². The van der Waals surface area contributed by atoms with E-state index in [9.17, 15) is 17.6 Å². The Balaban J connectivity index is 1.68. The molecule has 3 N–H and O–H groups in total.